The van der Waals surface area contributed by atoms with Gasteiger partial charge in [0.2, 0.25) is 5.91 Å². The van der Waals surface area contributed by atoms with Crippen LogP contribution in [-0.4, -0.2) is 32.8 Å². The molecular formula is C10H21N2O5P. The lowest BCUT2D eigenvalue weighted by atomic mass is 10.0. The molecule has 0 aliphatic heterocycles. The molecule has 5 N–H and O–H groups in total. The van der Waals surface area contributed by atoms with Crippen LogP contribution in [0.15, 0.2) is 0 Å². The number of amides is 1. The second-order valence-corrected chi connectivity index (χ2v) is 6.69. The molecule has 1 amide bonds. The van der Waals surface area contributed by atoms with Gasteiger partial charge in [0.25, 0.3) is 5.52 Å². The molecule has 0 rings (SSSR count). The number of nitrogens with one attached hydrogen (secondary N) is 1. The first-order chi connectivity index (χ1) is 7.88. The fourth-order valence-corrected chi connectivity index (χ4v) is 2.22. The molecule has 0 aliphatic rings. The molecule has 0 saturated heterocycles. The molecule has 0 aromatic heterocycles. The van der Waals surface area contributed by atoms with Gasteiger partial charge in [-0.3, -0.25) is 14.2 Å². The van der Waals surface area contributed by atoms with Crippen molar-refractivity contribution in [2.75, 3.05) is 0 Å². The molecule has 0 unspecified atom stereocenters. The van der Waals surface area contributed by atoms with Crippen LogP contribution < -0.4 is 11.1 Å². The third-order valence-electron chi connectivity index (χ3n) is 2.30. The molecule has 0 fully saturated rings. The number of rotatable bonds is 6. The normalized spacial score (nSPS) is 14.4. The molecule has 0 spiro atoms. The highest BCUT2D eigenvalue weighted by Gasteiger charge is 2.41. The maximum Gasteiger partial charge on any atom is 0.394 e. The standard InChI is InChI=1S/C10H21N2O5P/c1-6(2)5-7(11)8(13)12-10(3,4)9(14)18(15,16)17/h6-7H,5,11H2,1-4H3,(H,12,13)(H2,15,16,17)/t7-/m0/s1. The molecule has 0 aliphatic carbocycles. The first-order valence-corrected chi connectivity index (χ1v) is 7.17. The molecule has 0 aromatic carbocycles. The Kier molecular flexibility index (Phi) is 5.68. The molecule has 0 saturated carbocycles. The van der Waals surface area contributed by atoms with Gasteiger partial charge in [0.1, 0.15) is 5.54 Å². The lowest BCUT2D eigenvalue weighted by Crippen LogP contribution is -2.54. The summed E-state index contributed by atoms with van der Waals surface area (Å²) in [4.78, 5) is 40.7. The predicted molar refractivity (Wildman–Crippen MR) is 66.7 cm³/mol. The van der Waals surface area contributed by atoms with Crippen molar-refractivity contribution in [3.63, 3.8) is 0 Å². The molecular weight excluding hydrogens is 259 g/mol. The number of nitrogens with two attached hydrogens (primary N) is 1. The first kappa shape index (κ1) is 17.2. The van der Waals surface area contributed by atoms with Crippen molar-refractivity contribution in [2.24, 2.45) is 11.7 Å². The van der Waals surface area contributed by atoms with Gasteiger partial charge in [0.05, 0.1) is 6.04 Å². The van der Waals surface area contributed by atoms with E-state index < -0.39 is 30.6 Å². The van der Waals surface area contributed by atoms with Crippen molar-refractivity contribution < 1.29 is 23.9 Å². The highest BCUT2D eigenvalue weighted by atomic mass is 31.2. The largest absolute Gasteiger partial charge is 0.394 e. The number of carbonyl (C=O) groups is 2. The Morgan fingerprint density at radius 2 is 1.78 bits per heavy atom. The average molecular weight is 280 g/mol. The van der Waals surface area contributed by atoms with E-state index in [1.54, 1.807) is 0 Å². The summed E-state index contributed by atoms with van der Waals surface area (Å²) in [5.74, 6) is -0.401. The fourth-order valence-electron chi connectivity index (χ4n) is 1.43. The zero-order valence-electron chi connectivity index (χ0n) is 11.0. The van der Waals surface area contributed by atoms with Gasteiger partial charge in [-0.15, -0.1) is 0 Å². The minimum atomic E-state index is -4.89. The van der Waals surface area contributed by atoms with Crippen LogP contribution in [0.4, 0.5) is 0 Å². The highest BCUT2D eigenvalue weighted by molar-refractivity contribution is 7.70. The van der Waals surface area contributed by atoms with Crippen molar-refractivity contribution in [3.05, 3.63) is 0 Å². The second-order valence-electron chi connectivity index (χ2n) is 5.20. The minimum Gasteiger partial charge on any atom is -0.342 e. The predicted octanol–water partition coefficient (Wildman–Crippen LogP) is -0.0411. The zero-order valence-corrected chi connectivity index (χ0v) is 11.9. The molecule has 1 atom stereocenters. The van der Waals surface area contributed by atoms with E-state index in [0.717, 1.165) is 0 Å². The summed E-state index contributed by atoms with van der Waals surface area (Å²) in [6.45, 7) is 6.24. The SMILES string of the molecule is CC(C)C[C@H](N)C(=O)NC(C)(C)C(=O)P(=O)(O)O. The van der Waals surface area contributed by atoms with E-state index in [1.165, 1.54) is 13.8 Å². The molecule has 106 valence electrons. The van der Waals surface area contributed by atoms with E-state index >= 15 is 0 Å². The summed E-state index contributed by atoms with van der Waals surface area (Å²) in [6, 6.07) is -0.811. The smallest absolute Gasteiger partial charge is 0.342 e. The Morgan fingerprint density at radius 3 is 2.11 bits per heavy atom. The van der Waals surface area contributed by atoms with Gasteiger partial charge < -0.3 is 20.8 Å². The summed E-state index contributed by atoms with van der Waals surface area (Å²) in [5.41, 5.74) is 2.64. The van der Waals surface area contributed by atoms with E-state index in [2.05, 4.69) is 5.32 Å². The van der Waals surface area contributed by atoms with Crippen molar-refractivity contribution in [1.29, 1.82) is 0 Å². The summed E-state index contributed by atoms with van der Waals surface area (Å²) in [5, 5.41) is 2.26. The van der Waals surface area contributed by atoms with Crippen molar-refractivity contribution in [1.82, 2.24) is 5.32 Å². The van der Waals surface area contributed by atoms with Crippen molar-refractivity contribution in [2.45, 2.75) is 45.7 Å². The Hall–Kier alpha value is -0.750. The fraction of sp³-hybridized carbons (Fsp3) is 0.800. The topological polar surface area (TPSA) is 130 Å². The first-order valence-electron chi connectivity index (χ1n) is 5.56. The van der Waals surface area contributed by atoms with Crippen LogP contribution >= 0.6 is 7.60 Å². The van der Waals surface area contributed by atoms with Crippen molar-refractivity contribution >= 4 is 19.0 Å². The van der Waals surface area contributed by atoms with E-state index in [9.17, 15) is 14.2 Å². The lowest BCUT2D eigenvalue weighted by molar-refractivity contribution is -0.128. The monoisotopic (exact) mass is 280 g/mol. The lowest BCUT2D eigenvalue weighted by Gasteiger charge is -2.26. The van der Waals surface area contributed by atoms with Crippen LogP contribution in [0.25, 0.3) is 0 Å². The maximum absolute atomic E-state index is 11.7. The van der Waals surface area contributed by atoms with E-state index in [4.69, 9.17) is 15.5 Å². The maximum atomic E-state index is 11.7. The van der Waals surface area contributed by atoms with Crippen LogP contribution in [0.5, 0.6) is 0 Å². The van der Waals surface area contributed by atoms with E-state index in [1.807, 2.05) is 13.8 Å². The van der Waals surface area contributed by atoms with Crippen LogP contribution in [0.1, 0.15) is 34.1 Å². The number of hydrogen-bond donors (Lipinski definition) is 4. The van der Waals surface area contributed by atoms with Gasteiger partial charge in [-0.05, 0) is 26.2 Å². The van der Waals surface area contributed by atoms with Gasteiger partial charge in [0.15, 0.2) is 0 Å². The Bertz CT molecular complexity index is 374. The van der Waals surface area contributed by atoms with Crippen LogP contribution in [0.3, 0.4) is 0 Å². The highest BCUT2D eigenvalue weighted by Crippen LogP contribution is 2.40. The van der Waals surface area contributed by atoms with E-state index in [-0.39, 0.29) is 5.92 Å². The third kappa shape index (κ3) is 5.27. The average Bonchev–Trinajstić information content (AvgIpc) is 2.13. The van der Waals surface area contributed by atoms with Gasteiger partial charge in [0, 0.05) is 0 Å². The summed E-state index contributed by atoms with van der Waals surface area (Å²) in [6.07, 6.45) is 0.423. The van der Waals surface area contributed by atoms with Crippen LogP contribution in [0.2, 0.25) is 0 Å². The summed E-state index contributed by atoms with van der Waals surface area (Å²) < 4.78 is 10.9. The molecule has 8 heteroatoms. The van der Waals surface area contributed by atoms with Gasteiger partial charge in [-0.1, -0.05) is 13.8 Å². The Balaban J connectivity index is 4.74. The molecule has 18 heavy (non-hydrogen) atoms. The quantitative estimate of drug-likeness (QED) is 0.505. The van der Waals surface area contributed by atoms with Gasteiger partial charge in [-0.2, -0.15) is 0 Å². The molecule has 0 aromatic rings. The van der Waals surface area contributed by atoms with E-state index in [0.29, 0.717) is 6.42 Å². The number of carbonyl (C=O) groups excluding carboxylic acids is 2. The molecule has 0 bridgehead atoms. The van der Waals surface area contributed by atoms with Gasteiger partial charge >= 0.3 is 7.60 Å². The molecule has 7 nitrogen and oxygen atoms in total. The van der Waals surface area contributed by atoms with Crippen molar-refractivity contribution in [3.8, 4) is 0 Å². The zero-order chi connectivity index (χ0) is 14.7. The minimum absolute atomic E-state index is 0.200. The summed E-state index contributed by atoms with van der Waals surface area (Å²) in [7, 11) is -4.89. The third-order valence-corrected chi connectivity index (χ3v) is 3.39. The second kappa shape index (κ2) is 5.93. The van der Waals surface area contributed by atoms with Crippen LogP contribution in [-0.2, 0) is 14.2 Å². The van der Waals surface area contributed by atoms with Crippen LogP contribution in [0, 0.1) is 5.92 Å². The Labute approximate surface area is 106 Å². The summed E-state index contributed by atoms with van der Waals surface area (Å²) >= 11 is 0. The molecule has 0 heterocycles. The Morgan fingerprint density at radius 1 is 1.33 bits per heavy atom. The van der Waals surface area contributed by atoms with Gasteiger partial charge in [-0.25, -0.2) is 0 Å². The molecule has 0 radical (unpaired) electrons. The number of hydrogen-bond acceptors (Lipinski definition) is 4.